The van der Waals surface area contributed by atoms with Crippen molar-refractivity contribution in [2.45, 2.75) is 46.6 Å². The Labute approximate surface area is 147 Å². The number of aromatic amines is 1. The van der Waals surface area contributed by atoms with E-state index in [1.807, 2.05) is 45.9 Å². The molecule has 2 heterocycles. The Bertz CT molecular complexity index is 805. The molecule has 0 unspecified atom stereocenters. The fourth-order valence-electron chi connectivity index (χ4n) is 3.54. The number of hydrogen-bond acceptors (Lipinski definition) is 3. The molecule has 0 radical (unpaired) electrons. The standard InChI is InChI=1S/C19H24N4O2/c1-11-7-8-12(2)15(10-11)20-18(24)19(25)23-9-5-6-16(23)17-13(3)21-22-14(17)4/h7-8,10,16H,5-6,9H2,1-4H3,(H,20,24)(H,21,22)/t16-/m0/s1. The lowest BCUT2D eigenvalue weighted by molar-refractivity contribution is -0.143. The van der Waals surface area contributed by atoms with Gasteiger partial charge in [-0.1, -0.05) is 12.1 Å². The van der Waals surface area contributed by atoms with Crippen molar-refractivity contribution in [1.82, 2.24) is 15.1 Å². The van der Waals surface area contributed by atoms with Crippen molar-refractivity contribution in [2.75, 3.05) is 11.9 Å². The minimum Gasteiger partial charge on any atom is -0.327 e. The second-order valence-electron chi connectivity index (χ2n) is 6.78. The van der Waals surface area contributed by atoms with E-state index in [1.54, 1.807) is 4.90 Å². The minimum atomic E-state index is -0.584. The summed E-state index contributed by atoms with van der Waals surface area (Å²) in [6.07, 6.45) is 1.74. The first-order valence-corrected chi connectivity index (χ1v) is 8.59. The van der Waals surface area contributed by atoms with E-state index in [4.69, 9.17) is 0 Å². The second-order valence-corrected chi connectivity index (χ2v) is 6.78. The Morgan fingerprint density at radius 3 is 2.68 bits per heavy atom. The minimum absolute atomic E-state index is 0.0874. The molecule has 25 heavy (non-hydrogen) atoms. The fraction of sp³-hybridized carbons (Fsp3) is 0.421. The van der Waals surface area contributed by atoms with Gasteiger partial charge in [-0.15, -0.1) is 0 Å². The normalized spacial score (nSPS) is 17.0. The number of aromatic nitrogens is 2. The molecule has 1 aliphatic heterocycles. The van der Waals surface area contributed by atoms with Crippen molar-refractivity contribution in [3.8, 4) is 0 Å². The number of benzene rings is 1. The fourth-order valence-corrected chi connectivity index (χ4v) is 3.54. The molecule has 1 aliphatic rings. The number of rotatable bonds is 2. The molecule has 3 rings (SSSR count). The molecule has 0 saturated carbocycles. The summed E-state index contributed by atoms with van der Waals surface area (Å²) >= 11 is 0. The predicted octanol–water partition coefficient (Wildman–Crippen LogP) is 2.95. The predicted molar refractivity (Wildman–Crippen MR) is 96.3 cm³/mol. The molecule has 1 aromatic carbocycles. The van der Waals surface area contributed by atoms with Gasteiger partial charge in [0.15, 0.2) is 0 Å². The van der Waals surface area contributed by atoms with Crippen LogP contribution in [0.25, 0.3) is 0 Å². The van der Waals surface area contributed by atoms with Gasteiger partial charge >= 0.3 is 11.8 Å². The van der Waals surface area contributed by atoms with Gasteiger partial charge < -0.3 is 10.2 Å². The molecule has 1 saturated heterocycles. The first-order chi connectivity index (χ1) is 11.9. The van der Waals surface area contributed by atoms with E-state index < -0.39 is 11.8 Å². The SMILES string of the molecule is Cc1ccc(C)c(NC(=O)C(=O)N2CCC[C@H]2c2c(C)n[nH]c2C)c1. The molecule has 1 atom stereocenters. The summed E-state index contributed by atoms with van der Waals surface area (Å²) in [4.78, 5) is 27.0. The van der Waals surface area contributed by atoms with Crippen LogP contribution in [0.1, 0.15) is 47.0 Å². The van der Waals surface area contributed by atoms with Gasteiger partial charge in [-0.25, -0.2) is 0 Å². The lowest BCUT2D eigenvalue weighted by Gasteiger charge is -2.24. The highest BCUT2D eigenvalue weighted by atomic mass is 16.2. The van der Waals surface area contributed by atoms with Crippen molar-refractivity contribution in [3.63, 3.8) is 0 Å². The number of amides is 2. The van der Waals surface area contributed by atoms with Crippen LogP contribution in [0.15, 0.2) is 18.2 Å². The van der Waals surface area contributed by atoms with Crippen molar-refractivity contribution in [1.29, 1.82) is 0 Å². The third-order valence-electron chi connectivity index (χ3n) is 4.87. The van der Waals surface area contributed by atoms with Crippen LogP contribution < -0.4 is 5.32 Å². The van der Waals surface area contributed by atoms with Crippen LogP contribution >= 0.6 is 0 Å². The number of nitrogens with zero attached hydrogens (tertiary/aromatic N) is 2. The maximum Gasteiger partial charge on any atom is 0.313 e. The number of carbonyl (C=O) groups is 2. The highest BCUT2D eigenvalue weighted by Gasteiger charge is 2.35. The highest BCUT2D eigenvalue weighted by Crippen LogP contribution is 2.35. The van der Waals surface area contributed by atoms with Gasteiger partial charge in [0.1, 0.15) is 0 Å². The van der Waals surface area contributed by atoms with Gasteiger partial charge in [-0.05, 0) is 57.7 Å². The van der Waals surface area contributed by atoms with Crippen LogP contribution in [-0.2, 0) is 9.59 Å². The van der Waals surface area contributed by atoms with Crippen LogP contribution in [0.2, 0.25) is 0 Å². The Morgan fingerprint density at radius 2 is 2.00 bits per heavy atom. The summed E-state index contributed by atoms with van der Waals surface area (Å²) in [5.41, 5.74) is 5.53. The van der Waals surface area contributed by atoms with E-state index in [1.165, 1.54) is 0 Å². The third-order valence-corrected chi connectivity index (χ3v) is 4.87. The third kappa shape index (κ3) is 3.29. The molecular formula is C19H24N4O2. The molecule has 6 heteroatoms. The first kappa shape index (κ1) is 17.2. The van der Waals surface area contributed by atoms with E-state index in [0.29, 0.717) is 12.2 Å². The van der Waals surface area contributed by atoms with Crippen LogP contribution in [0.3, 0.4) is 0 Å². The average molecular weight is 340 g/mol. The van der Waals surface area contributed by atoms with Gasteiger partial charge in [0.2, 0.25) is 0 Å². The van der Waals surface area contributed by atoms with E-state index in [2.05, 4.69) is 15.5 Å². The summed E-state index contributed by atoms with van der Waals surface area (Å²) in [6.45, 7) is 8.34. The molecule has 2 N–H and O–H groups in total. The zero-order valence-corrected chi connectivity index (χ0v) is 15.1. The van der Waals surface area contributed by atoms with E-state index >= 15 is 0 Å². The molecule has 0 spiro atoms. The van der Waals surface area contributed by atoms with Crippen molar-refractivity contribution in [3.05, 3.63) is 46.3 Å². The second kappa shape index (κ2) is 6.70. The largest absolute Gasteiger partial charge is 0.327 e. The van der Waals surface area contributed by atoms with Crippen LogP contribution in [-0.4, -0.2) is 33.5 Å². The smallest absolute Gasteiger partial charge is 0.313 e. The van der Waals surface area contributed by atoms with Gasteiger partial charge in [0, 0.05) is 23.5 Å². The molecule has 0 aliphatic carbocycles. The number of nitrogens with one attached hydrogen (secondary N) is 2. The maximum atomic E-state index is 12.8. The Hall–Kier alpha value is -2.63. The zero-order valence-electron chi connectivity index (χ0n) is 15.1. The number of anilines is 1. The summed E-state index contributed by atoms with van der Waals surface area (Å²) in [6, 6.07) is 5.71. The highest BCUT2D eigenvalue weighted by molar-refractivity contribution is 6.39. The Morgan fingerprint density at radius 1 is 1.24 bits per heavy atom. The molecule has 2 aromatic rings. The number of aryl methyl sites for hydroxylation is 4. The number of hydrogen-bond donors (Lipinski definition) is 2. The van der Waals surface area contributed by atoms with Crippen molar-refractivity contribution >= 4 is 17.5 Å². The number of H-pyrrole nitrogens is 1. The molecule has 2 amide bonds. The lowest BCUT2D eigenvalue weighted by atomic mass is 10.0. The number of likely N-dealkylation sites (tertiary alicyclic amines) is 1. The first-order valence-electron chi connectivity index (χ1n) is 8.59. The van der Waals surface area contributed by atoms with Crippen LogP contribution in [0.4, 0.5) is 5.69 Å². The van der Waals surface area contributed by atoms with Crippen LogP contribution in [0, 0.1) is 27.7 Å². The zero-order chi connectivity index (χ0) is 18.1. The monoisotopic (exact) mass is 340 g/mol. The summed E-state index contributed by atoms with van der Waals surface area (Å²) in [5.74, 6) is -1.07. The van der Waals surface area contributed by atoms with Crippen LogP contribution in [0.5, 0.6) is 0 Å². The van der Waals surface area contributed by atoms with Gasteiger partial charge in [-0.3, -0.25) is 14.7 Å². The van der Waals surface area contributed by atoms with E-state index in [0.717, 1.165) is 40.9 Å². The molecular weight excluding hydrogens is 316 g/mol. The van der Waals surface area contributed by atoms with Gasteiger partial charge in [0.25, 0.3) is 0 Å². The van der Waals surface area contributed by atoms with Gasteiger partial charge in [0.05, 0.1) is 11.7 Å². The molecule has 132 valence electrons. The summed E-state index contributed by atoms with van der Waals surface area (Å²) in [7, 11) is 0. The van der Waals surface area contributed by atoms with Crippen molar-refractivity contribution in [2.24, 2.45) is 0 Å². The maximum absolute atomic E-state index is 12.8. The topological polar surface area (TPSA) is 78.1 Å². The van der Waals surface area contributed by atoms with Crippen molar-refractivity contribution < 1.29 is 9.59 Å². The van der Waals surface area contributed by atoms with E-state index in [9.17, 15) is 9.59 Å². The molecule has 0 bridgehead atoms. The average Bonchev–Trinajstić information content (AvgIpc) is 3.16. The number of carbonyl (C=O) groups excluding carboxylic acids is 2. The molecule has 1 aromatic heterocycles. The summed E-state index contributed by atoms with van der Waals surface area (Å²) in [5, 5.41) is 9.96. The van der Waals surface area contributed by atoms with Gasteiger partial charge in [-0.2, -0.15) is 5.10 Å². The molecule has 6 nitrogen and oxygen atoms in total. The lowest BCUT2D eigenvalue weighted by Crippen LogP contribution is -2.39. The Kier molecular flexibility index (Phi) is 4.61. The quantitative estimate of drug-likeness (QED) is 0.825. The Balaban J connectivity index is 1.79. The van der Waals surface area contributed by atoms with E-state index in [-0.39, 0.29) is 6.04 Å². The summed E-state index contributed by atoms with van der Waals surface area (Å²) < 4.78 is 0. The molecule has 1 fully saturated rings.